The van der Waals surface area contributed by atoms with E-state index in [0.717, 1.165) is 12.6 Å². The van der Waals surface area contributed by atoms with Crippen molar-refractivity contribution >= 4 is 0 Å². The van der Waals surface area contributed by atoms with E-state index in [9.17, 15) is 0 Å². The smallest absolute Gasteiger partial charge is 0.0471 e. The largest absolute Gasteiger partial charge is 0.314 e. The molecule has 2 aliphatic carbocycles. The normalized spacial score (nSPS) is 23.2. The molecular weight excluding hydrogens is 232 g/mol. The van der Waals surface area contributed by atoms with Crippen LogP contribution in [-0.2, 0) is 6.42 Å². The molecule has 1 saturated carbocycles. The minimum Gasteiger partial charge on any atom is -0.314 e. The maximum atomic E-state index is 4.70. The molecule has 2 heteroatoms. The molecule has 1 heterocycles. The first-order chi connectivity index (χ1) is 9.17. The molecule has 1 aromatic rings. The van der Waals surface area contributed by atoms with E-state index in [2.05, 4.69) is 31.3 Å². The monoisotopic (exact) mass is 258 g/mol. The molecule has 0 saturated heterocycles. The van der Waals surface area contributed by atoms with Crippen LogP contribution >= 0.6 is 0 Å². The number of pyridine rings is 1. The van der Waals surface area contributed by atoms with Crippen LogP contribution in [0.4, 0.5) is 0 Å². The van der Waals surface area contributed by atoms with Crippen LogP contribution in [0.2, 0.25) is 0 Å². The van der Waals surface area contributed by atoms with E-state index >= 15 is 0 Å². The van der Waals surface area contributed by atoms with Gasteiger partial charge in [0.1, 0.15) is 0 Å². The SMILES string of the molecule is CC(C)(CCNC1CC1)C1CCCc2cccnc21. The number of nitrogens with zero attached hydrogens (tertiary/aromatic N) is 1. The molecular formula is C17H26N2. The number of rotatable bonds is 5. The van der Waals surface area contributed by atoms with Crippen molar-refractivity contribution in [3.63, 3.8) is 0 Å². The summed E-state index contributed by atoms with van der Waals surface area (Å²) < 4.78 is 0. The first-order valence-electron chi connectivity index (χ1n) is 7.84. The van der Waals surface area contributed by atoms with Gasteiger partial charge in [0.2, 0.25) is 0 Å². The van der Waals surface area contributed by atoms with Crippen LogP contribution in [0.5, 0.6) is 0 Å². The van der Waals surface area contributed by atoms with Crippen LogP contribution in [0.25, 0.3) is 0 Å². The summed E-state index contributed by atoms with van der Waals surface area (Å²) in [6.07, 6.45) is 9.84. The molecule has 0 radical (unpaired) electrons. The van der Waals surface area contributed by atoms with E-state index in [0.29, 0.717) is 11.3 Å². The summed E-state index contributed by atoms with van der Waals surface area (Å²) in [5.41, 5.74) is 3.22. The fourth-order valence-electron chi connectivity index (χ4n) is 3.43. The third kappa shape index (κ3) is 3.00. The number of aryl methyl sites for hydroxylation is 1. The Morgan fingerprint density at radius 2 is 2.16 bits per heavy atom. The molecule has 19 heavy (non-hydrogen) atoms. The van der Waals surface area contributed by atoms with Crippen LogP contribution in [0.3, 0.4) is 0 Å². The third-order valence-corrected chi connectivity index (χ3v) is 4.92. The second-order valence-corrected chi connectivity index (χ2v) is 6.96. The van der Waals surface area contributed by atoms with Crippen molar-refractivity contribution in [3.8, 4) is 0 Å². The van der Waals surface area contributed by atoms with Gasteiger partial charge in [-0.3, -0.25) is 4.98 Å². The Morgan fingerprint density at radius 1 is 1.32 bits per heavy atom. The molecule has 1 atom stereocenters. The molecule has 1 fully saturated rings. The lowest BCUT2D eigenvalue weighted by Gasteiger charge is -2.37. The van der Waals surface area contributed by atoms with Gasteiger partial charge in [-0.1, -0.05) is 19.9 Å². The number of hydrogen-bond donors (Lipinski definition) is 1. The summed E-state index contributed by atoms with van der Waals surface area (Å²) in [7, 11) is 0. The summed E-state index contributed by atoms with van der Waals surface area (Å²) >= 11 is 0. The van der Waals surface area contributed by atoms with Crippen molar-refractivity contribution in [2.24, 2.45) is 5.41 Å². The predicted octanol–water partition coefficient (Wildman–Crippen LogP) is 3.67. The van der Waals surface area contributed by atoms with Crippen molar-refractivity contribution < 1.29 is 0 Å². The Kier molecular flexibility index (Phi) is 3.62. The minimum absolute atomic E-state index is 0.353. The van der Waals surface area contributed by atoms with Gasteiger partial charge in [0.25, 0.3) is 0 Å². The lowest BCUT2D eigenvalue weighted by molar-refractivity contribution is 0.231. The standard InChI is InChI=1S/C17H26N2/c1-17(2,10-12-18-14-8-9-14)15-7-3-5-13-6-4-11-19-16(13)15/h4,6,11,14-15,18H,3,5,7-10,12H2,1-2H3. The molecule has 0 aromatic carbocycles. The lowest BCUT2D eigenvalue weighted by atomic mass is 9.68. The highest BCUT2D eigenvalue weighted by Gasteiger charge is 2.34. The summed E-state index contributed by atoms with van der Waals surface area (Å²) in [6, 6.07) is 5.18. The quantitative estimate of drug-likeness (QED) is 0.871. The molecule has 2 aliphatic rings. The molecule has 0 aliphatic heterocycles. The first kappa shape index (κ1) is 13.1. The molecule has 0 bridgehead atoms. The highest BCUT2D eigenvalue weighted by molar-refractivity contribution is 5.27. The van der Waals surface area contributed by atoms with Crippen molar-refractivity contribution in [2.75, 3.05) is 6.54 Å². The van der Waals surface area contributed by atoms with E-state index in [4.69, 9.17) is 4.98 Å². The Bertz CT molecular complexity index is 435. The van der Waals surface area contributed by atoms with Gasteiger partial charge in [-0.15, -0.1) is 0 Å². The van der Waals surface area contributed by atoms with E-state index < -0.39 is 0 Å². The molecule has 0 amide bonds. The van der Waals surface area contributed by atoms with Gasteiger partial charge in [0.15, 0.2) is 0 Å². The molecule has 3 rings (SSSR count). The van der Waals surface area contributed by atoms with Gasteiger partial charge >= 0.3 is 0 Å². The van der Waals surface area contributed by atoms with Gasteiger partial charge in [-0.05, 0) is 62.1 Å². The topological polar surface area (TPSA) is 24.9 Å². The van der Waals surface area contributed by atoms with Gasteiger partial charge in [0, 0.05) is 23.9 Å². The van der Waals surface area contributed by atoms with Gasteiger partial charge < -0.3 is 5.32 Å². The van der Waals surface area contributed by atoms with Gasteiger partial charge in [-0.2, -0.15) is 0 Å². The zero-order chi connectivity index (χ0) is 13.3. The Hall–Kier alpha value is -0.890. The fourth-order valence-corrected chi connectivity index (χ4v) is 3.43. The van der Waals surface area contributed by atoms with Crippen LogP contribution in [-0.4, -0.2) is 17.6 Å². The predicted molar refractivity (Wildman–Crippen MR) is 79.3 cm³/mol. The molecule has 1 aromatic heterocycles. The van der Waals surface area contributed by atoms with Crippen molar-refractivity contribution in [3.05, 3.63) is 29.6 Å². The van der Waals surface area contributed by atoms with Crippen molar-refractivity contribution in [2.45, 2.75) is 64.3 Å². The van der Waals surface area contributed by atoms with E-state index in [1.54, 1.807) is 0 Å². The highest BCUT2D eigenvalue weighted by Crippen LogP contribution is 2.44. The summed E-state index contributed by atoms with van der Waals surface area (Å²) in [5, 5.41) is 3.66. The van der Waals surface area contributed by atoms with Crippen LogP contribution in [0.15, 0.2) is 18.3 Å². The molecule has 1 N–H and O–H groups in total. The molecule has 0 spiro atoms. The van der Waals surface area contributed by atoms with Gasteiger partial charge in [-0.25, -0.2) is 0 Å². The van der Waals surface area contributed by atoms with Crippen molar-refractivity contribution in [1.82, 2.24) is 10.3 Å². The van der Waals surface area contributed by atoms with Crippen molar-refractivity contribution in [1.29, 1.82) is 0 Å². The minimum atomic E-state index is 0.353. The number of hydrogen-bond acceptors (Lipinski definition) is 2. The third-order valence-electron chi connectivity index (χ3n) is 4.92. The molecule has 1 unspecified atom stereocenters. The van der Waals surface area contributed by atoms with Crippen LogP contribution in [0.1, 0.15) is 63.1 Å². The van der Waals surface area contributed by atoms with E-state index in [1.165, 1.54) is 49.8 Å². The second-order valence-electron chi connectivity index (χ2n) is 6.96. The zero-order valence-corrected chi connectivity index (χ0v) is 12.3. The molecule has 104 valence electrons. The number of aromatic nitrogens is 1. The maximum Gasteiger partial charge on any atom is 0.0471 e. The summed E-state index contributed by atoms with van der Waals surface area (Å²) in [4.78, 5) is 4.70. The average molecular weight is 258 g/mol. The number of nitrogens with one attached hydrogen (secondary N) is 1. The van der Waals surface area contributed by atoms with Crippen LogP contribution in [0, 0.1) is 5.41 Å². The first-order valence-corrected chi connectivity index (χ1v) is 7.84. The summed E-state index contributed by atoms with van der Waals surface area (Å²) in [5.74, 6) is 0.637. The average Bonchev–Trinajstić information content (AvgIpc) is 3.22. The zero-order valence-electron chi connectivity index (χ0n) is 12.3. The maximum absolute atomic E-state index is 4.70. The Labute approximate surface area is 117 Å². The molecule has 2 nitrogen and oxygen atoms in total. The second kappa shape index (κ2) is 5.24. The fraction of sp³-hybridized carbons (Fsp3) is 0.706. The van der Waals surface area contributed by atoms with Gasteiger partial charge in [0.05, 0.1) is 0 Å². The Balaban J connectivity index is 1.69. The summed E-state index contributed by atoms with van der Waals surface area (Å²) in [6.45, 7) is 6.02. The lowest BCUT2D eigenvalue weighted by Crippen LogP contribution is -2.31. The highest BCUT2D eigenvalue weighted by atomic mass is 14.9. The van der Waals surface area contributed by atoms with E-state index in [1.807, 2.05) is 6.20 Å². The van der Waals surface area contributed by atoms with Crippen LogP contribution < -0.4 is 5.32 Å². The Morgan fingerprint density at radius 3 is 2.95 bits per heavy atom. The number of fused-ring (bicyclic) bond motifs is 1. The van der Waals surface area contributed by atoms with E-state index in [-0.39, 0.29) is 0 Å².